The summed E-state index contributed by atoms with van der Waals surface area (Å²) in [5.41, 5.74) is 3.61. The minimum atomic E-state index is 0.892. The summed E-state index contributed by atoms with van der Waals surface area (Å²) >= 11 is 0. The van der Waals surface area contributed by atoms with E-state index >= 15 is 0 Å². The van der Waals surface area contributed by atoms with Crippen LogP contribution in [-0.2, 0) is 6.54 Å². The molecule has 1 aromatic carbocycles. The quantitative estimate of drug-likeness (QED) is 0.683. The normalized spacial score (nSPS) is 11.3. The number of aromatic nitrogens is 2. The predicted molar refractivity (Wildman–Crippen MR) is 66.4 cm³/mol. The predicted octanol–water partition coefficient (Wildman–Crippen LogP) is 2.44. The molecule has 0 bridgehead atoms. The van der Waals surface area contributed by atoms with Gasteiger partial charge in [-0.2, -0.15) is 0 Å². The van der Waals surface area contributed by atoms with Crippen molar-refractivity contribution in [3.8, 4) is 0 Å². The van der Waals surface area contributed by atoms with Gasteiger partial charge in [0, 0.05) is 40.7 Å². The summed E-state index contributed by atoms with van der Waals surface area (Å²) < 4.78 is 0. The third-order valence-corrected chi connectivity index (χ3v) is 2.85. The standard InChI is InChI=1S/C13H13N3/c1-14-7-9-2-3-12-10(6-9)11-8-15-5-4-13(11)16-12/h2-6,8,14,16H,7H2,1H3. The molecule has 2 aromatic heterocycles. The van der Waals surface area contributed by atoms with Gasteiger partial charge in [-0.15, -0.1) is 0 Å². The molecule has 0 spiro atoms. The fraction of sp³-hybridized carbons (Fsp3) is 0.154. The van der Waals surface area contributed by atoms with Gasteiger partial charge in [0.05, 0.1) is 0 Å². The van der Waals surface area contributed by atoms with Crippen LogP contribution in [0.1, 0.15) is 5.56 Å². The summed E-state index contributed by atoms with van der Waals surface area (Å²) in [4.78, 5) is 7.56. The van der Waals surface area contributed by atoms with E-state index in [1.54, 1.807) is 0 Å². The van der Waals surface area contributed by atoms with Crippen molar-refractivity contribution in [1.82, 2.24) is 15.3 Å². The molecule has 3 rings (SSSR count). The SMILES string of the molecule is CNCc1ccc2[nH]c3ccncc3c2c1. The molecule has 16 heavy (non-hydrogen) atoms. The minimum absolute atomic E-state index is 0.892. The molecule has 0 saturated heterocycles. The Morgan fingerprint density at radius 3 is 2.94 bits per heavy atom. The van der Waals surface area contributed by atoms with E-state index in [1.165, 1.54) is 21.9 Å². The Balaban J connectivity index is 2.31. The average Bonchev–Trinajstić information content (AvgIpc) is 2.68. The first-order valence-corrected chi connectivity index (χ1v) is 5.37. The number of pyridine rings is 1. The number of hydrogen-bond donors (Lipinski definition) is 2. The van der Waals surface area contributed by atoms with E-state index in [0.717, 1.165) is 12.1 Å². The van der Waals surface area contributed by atoms with Crippen molar-refractivity contribution in [2.75, 3.05) is 7.05 Å². The number of hydrogen-bond acceptors (Lipinski definition) is 2. The lowest BCUT2D eigenvalue weighted by molar-refractivity contribution is 0.819. The second-order valence-electron chi connectivity index (χ2n) is 3.96. The van der Waals surface area contributed by atoms with E-state index in [0.29, 0.717) is 0 Å². The Kier molecular flexibility index (Phi) is 2.11. The number of rotatable bonds is 2. The van der Waals surface area contributed by atoms with E-state index in [2.05, 4.69) is 33.5 Å². The average molecular weight is 211 g/mol. The van der Waals surface area contributed by atoms with Gasteiger partial charge in [0.25, 0.3) is 0 Å². The topological polar surface area (TPSA) is 40.7 Å². The first-order valence-electron chi connectivity index (χ1n) is 5.37. The van der Waals surface area contributed by atoms with E-state index in [-0.39, 0.29) is 0 Å². The Morgan fingerprint density at radius 2 is 2.06 bits per heavy atom. The van der Waals surface area contributed by atoms with Crippen LogP contribution < -0.4 is 5.32 Å². The van der Waals surface area contributed by atoms with Crippen molar-refractivity contribution >= 4 is 21.8 Å². The van der Waals surface area contributed by atoms with Crippen LogP contribution in [0.15, 0.2) is 36.7 Å². The Morgan fingerprint density at radius 1 is 1.19 bits per heavy atom. The Labute approximate surface area is 93.5 Å². The van der Waals surface area contributed by atoms with Gasteiger partial charge in [0.1, 0.15) is 0 Å². The summed E-state index contributed by atoms with van der Waals surface area (Å²) in [5.74, 6) is 0. The summed E-state index contributed by atoms with van der Waals surface area (Å²) in [6.45, 7) is 0.892. The third kappa shape index (κ3) is 1.37. The second kappa shape index (κ2) is 3.61. The molecule has 3 nitrogen and oxygen atoms in total. The van der Waals surface area contributed by atoms with E-state index in [1.807, 2.05) is 25.5 Å². The summed E-state index contributed by atoms with van der Waals surface area (Å²) in [7, 11) is 1.96. The number of nitrogens with one attached hydrogen (secondary N) is 2. The number of benzene rings is 1. The van der Waals surface area contributed by atoms with Gasteiger partial charge in [-0.3, -0.25) is 4.98 Å². The molecule has 0 amide bonds. The van der Waals surface area contributed by atoms with Crippen LogP contribution in [0.4, 0.5) is 0 Å². The van der Waals surface area contributed by atoms with Crippen LogP contribution in [0.5, 0.6) is 0 Å². The van der Waals surface area contributed by atoms with Crippen molar-refractivity contribution in [2.24, 2.45) is 0 Å². The molecule has 0 aliphatic heterocycles. The molecular weight excluding hydrogens is 198 g/mol. The maximum Gasteiger partial charge on any atom is 0.0495 e. The Bertz CT molecular complexity index is 640. The highest BCUT2D eigenvalue weighted by atomic mass is 14.8. The van der Waals surface area contributed by atoms with Gasteiger partial charge in [0.2, 0.25) is 0 Å². The molecule has 0 saturated carbocycles. The van der Waals surface area contributed by atoms with E-state index in [9.17, 15) is 0 Å². The monoisotopic (exact) mass is 211 g/mol. The van der Waals surface area contributed by atoms with E-state index < -0.39 is 0 Å². The van der Waals surface area contributed by atoms with Crippen molar-refractivity contribution in [3.05, 3.63) is 42.2 Å². The van der Waals surface area contributed by atoms with Gasteiger partial charge in [-0.1, -0.05) is 6.07 Å². The van der Waals surface area contributed by atoms with Crippen LogP contribution >= 0.6 is 0 Å². The van der Waals surface area contributed by atoms with Crippen molar-refractivity contribution in [1.29, 1.82) is 0 Å². The molecule has 0 aliphatic carbocycles. The first-order chi connectivity index (χ1) is 7.88. The number of fused-ring (bicyclic) bond motifs is 3. The zero-order valence-corrected chi connectivity index (χ0v) is 9.12. The van der Waals surface area contributed by atoms with Crippen molar-refractivity contribution < 1.29 is 0 Å². The van der Waals surface area contributed by atoms with Crippen molar-refractivity contribution in [2.45, 2.75) is 6.54 Å². The summed E-state index contributed by atoms with van der Waals surface area (Å²) in [6, 6.07) is 8.49. The maximum atomic E-state index is 4.18. The van der Waals surface area contributed by atoms with Crippen LogP contribution in [0, 0.1) is 0 Å². The molecular formula is C13H13N3. The maximum absolute atomic E-state index is 4.18. The zero-order chi connectivity index (χ0) is 11.0. The minimum Gasteiger partial charge on any atom is -0.354 e. The van der Waals surface area contributed by atoms with Crippen LogP contribution in [0.2, 0.25) is 0 Å². The molecule has 0 atom stereocenters. The van der Waals surface area contributed by atoms with Crippen LogP contribution in [-0.4, -0.2) is 17.0 Å². The molecule has 0 radical (unpaired) electrons. The molecule has 0 unspecified atom stereocenters. The molecule has 3 heteroatoms. The lowest BCUT2D eigenvalue weighted by Gasteiger charge is -1.99. The smallest absolute Gasteiger partial charge is 0.0495 e. The van der Waals surface area contributed by atoms with Gasteiger partial charge in [-0.05, 0) is 30.8 Å². The van der Waals surface area contributed by atoms with Crippen molar-refractivity contribution in [3.63, 3.8) is 0 Å². The van der Waals surface area contributed by atoms with Gasteiger partial charge in [-0.25, -0.2) is 0 Å². The lowest BCUT2D eigenvalue weighted by Crippen LogP contribution is -2.04. The number of aromatic amines is 1. The molecule has 0 aliphatic rings. The summed E-state index contributed by atoms with van der Waals surface area (Å²) in [6.07, 6.45) is 3.73. The largest absolute Gasteiger partial charge is 0.354 e. The van der Waals surface area contributed by atoms with Crippen LogP contribution in [0.3, 0.4) is 0 Å². The molecule has 2 N–H and O–H groups in total. The number of nitrogens with zero attached hydrogens (tertiary/aromatic N) is 1. The van der Waals surface area contributed by atoms with E-state index in [4.69, 9.17) is 0 Å². The summed E-state index contributed by atoms with van der Waals surface area (Å²) in [5, 5.41) is 5.60. The highest BCUT2D eigenvalue weighted by Crippen LogP contribution is 2.25. The first kappa shape index (κ1) is 9.36. The van der Waals surface area contributed by atoms with Crippen LogP contribution in [0.25, 0.3) is 21.8 Å². The molecule has 0 fully saturated rings. The second-order valence-corrected chi connectivity index (χ2v) is 3.96. The lowest BCUT2D eigenvalue weighted by atomic mass is 10.1. The highest BCUT2D eigenvalue weighted by molar-refractivity contribution is 6.06. The van der Waals surface area contributed by atoms with Gasteiger partial charge >= 0.3 is 0 Å². The van der Waals surface area contributed by atoms with Gasteiger partial charge in [0.15, 0.2) is 0 Å². The number of H-pyrrole nitrogens is 1. The molecule has 2 heterocycles. The molecule has 80 valence electrons. The van der Waals surface area contributed by atoms with Gasteiger partial charge < -0.3 is 10.3 Å². The fourth-order valence-corrected chi connectivity index (χ4v) is 2.10. The fourth-order valence-electron chi connectivity index (χ4n) is 2.10. The zero-order valence-electron chi connectivity index (χ0n) is 9.12. The Hall–Kier alpha value is -1.87. The highest BCUT2D eigenvalue weighted by Gasteiger charge is 2.04. The molecule has 3 aromatic rings. The third-order valence-electron chi connectivity index (χ3n) is 2.85.